The number of rotatable bonds is 6. The summed E-state index contributed by atoms with van der Waals surface area (Å²) in [4.78, 5) is 28.2. The summed E-state index contributed by atoms with van der Waals surface area (Å²) in [6.45, 7) is 5.49. The Kier molecular flexibility index (Phi) is 5.01. The minimum Gasteiger partial charge on any atom is -0.326 e. The molecule has 2 fully saturated rings. The van der Waals surface area contributed by atoms with Gasteiger partial charge in [0.05, 0.1) is 16.9 Å². The van der Waals surface area contributed by atoms with Gasteiger partial charge in [0.2, 0.25) is 15.9 Å². The maximum absolute atomic E-state index is 12.9. The summed E-state index contributed by atoms with van der Waals surface area (Å²) in [7, 11) is -3.73. The molecule has 0 spiro atoms. The SMILES string of the molecule is CC(=O)Nc1ccc(-c2csc(NS(=O)(=O)CC34CCC(CC3=O)C4(C)C)n2)cc1. The van der Waals surface area contributed by atoms with Crippen molar-refractivity contribution in [3.05, 3.63) is 29.6 Å². The van der Waals surface area contributed by atoms with Crippen LogP contribution in [0, 0.1) is 16.7 Å². The lowest BCUT2D eigenvalue weighted by Gasteiger charge is -2.36. The first-order valence-electron chi connectivity index (χ1n) is 9.90. The smallest absolute Gasteiger partial charge is 0.235 e. The second-order valence-electron chi connectivity index (χ2n) is 8.82. The van der Waals surface area contributed by atoms with Crippen LogP contribution < -0.4 is 10.0 Å². The summed E-state index contributed by atoms with van der Waals surface area (Å²) in [5, 5.41) is 4.76. The topological polar surface area (TPSA) is 105 Å². The van der Waals surface area contributed by atoms with Crippen LogP contribution in [0.25, 0.3) is 11.3 Å². The van der Waals surface area contributed by atoms with Gasteiger partial charge in [0.1, 0.15) is 5.78 Å². The van der Waals surface area contributed by atoms with Crippen molar-refractivity contribution in [3.8, 4) is 11.3 Å². The van der Waals surface area contributed by atoms with E-state index in [-0.39, 0.29) is 33.9 Å². The first-order valence-corrected chi connectivity index (χ1v) is 12.4. The molecule has 2 bridgehead atoms. The average Bonchev–Trinajstić information content (AvgIpc) is 3.24. The Bertz CT molecular complexity index is 1110. The number of anilines is 2. The summed E-state index contributed by atoms with van der Waals surface area (Å²) >= 11 is 1.21. The summed E-state index contributed by atoms with van der Waals surface area (Å²) in [6.07, 6.45) is 2.02. The molecule has 2 N–H and O–H groups in total. The van der Waals surface area contributed by atoms with Crippen molar-refractivity contribution in [2.75, 3.05) is 15.8 Å². The third kappa shape index (κ3) is 3.54. The number of hydrogen-bond acceptors (Lipinski definition) is 6. The van der Waals surface area contributed by atoms with E-state index in [1.807, 2.05) is 26.0 Å². The Labute approximate surface area is 180 Å². The second kappa shape index (κ2) is 7.16. The lowest BCUT2D eigenvalue weighted by atomic mass is 9.70. The highest BCUT2D eigenvalue weighted by Crippen LogP contribution is 2.64. The van der Waals surface area contributed by atoms with E-state index in [1.165, 1.54) is 18.3 Å². The van der Waals surface area contributed by atoms with Gasteiger partial charge in [-0.2, -0.15) is 0 Å². The van der Waals surface area contributed by atoms with Gasteiger partial charge in [-0.05, 0) is 36.3 Å². The number of nitrogens with one attached hydrogen (secondary N) is 2. The molecule has 2 aliphatic rings. The molecule has 2 atom stereocenters. The molecule has 0 saturated heterocycles. The fraction of sp³-hybridized carbons (Fsp3) is 0.476. The highest BCUT2D eigenvalue weighted by molar-refractivity contribution is 7.92. The summed E-state index contributed by atoms with van der Waals surface area (Å²) in [6, 6.07) is 7.17. The minimum absolute atomic E-state index is 0.0770. The van der Waals surface area contributed by atoms with Crippen LogP contribution in [0.2, 0.25) is 0 Å². The number of sulfonamides is 1. The highest BCUT2D eigenvalue weighted by atomic mass is 32.2. The first kappa shape index (κ1) is 21.0. The molecule has 2 aliphatic carbocycles. The Morgan fingerprint density at radius 3 is 2.53 bits per heavy atom. The van der Waals surface area contributed by atoms with Crippen molar-refractivity contribution < 1.29 is 18.0 Å². The molecular weight excluding hydrogens is 422 g/mol. The standard InChI is InChI=1S/C21H25N3O4S2/c1-13(25)22-16-6-4-14(5-7-16)17-11-29-19(23-17)24-30(27,28)12-21-9-8-15(10-18(21)26)20(21,2)3/h4-7,11,15H,8-10,12H2,1-3H3,(H,22,25)(H,23,24). The van der Waals surface area contributed by atoms with Gasteiger partial charge in [-0.3, -0.25) is 14.3 Å². The Hall–Kier alpha value is -2.26. The lowest BCUT2D eigenvalue weighted by molar-refractivity contribution is -0.128. The molecule has 1 aromatic heterocycles. The maximum Gasteiger partial charge on any atom is 0.235 e. The van der Waals surface area contributed by atoms with E-state index in [0.717, 1.165) is 12.0 Å². The molecule has 7 nitrogen and oxygen atoms in total. The fourth-order valence-electron chi connectivity index (χ4n) is 4.98. The van der Waals surface area contributed by atoms with Gasteiger partial charge in [-0.25, -0.2) is 13.4 Å². The van der Waals surface area contributed by atoms with Crippen LogP contribution in [-0.2, 0) is 19.6 Å². The molecule has 1 heterocycles. The number of benzene rings is 1. The molecule has 0 aliphatic heterocycles. The van der Waals surface area contributed by atoms with Gasteiger partial charge in [0.15, 0.2) is 5.13 Å². The zero-order valence-electron chi connectivity index (χ0n) is 17.2. The van der Waals surface area contributed by atoms with Gasteiger partial charge >= 0.3 is 0 Å². The average molecular weight is 448 g/mol. The number of fused-ring (bicyclic) bond motifs is 2. The molecule has 2 aromatic rings. The number of nitrogens with zero attached hydrogens (tertiary/aromatic N) is 1. The summed E-state index contributed by atoms with van der Waals surface area (Å²) < 4.78 is 28.4. The van der Waals surface area contributed by atoms with Crippen molar-refractivity contribution in [1.82, 2.24) is 4.98 Å². The van der Waals surface area contributed by atoms with Crippen LogP contribution in [-0.4, -0.2) is 30.8 Å². The third-order valence-electron chi connectivity index (χ3n) is 6.82. The molecule has 9 heteroatoms. The number of amides is 1. The second-order valence-corrected chi connectivity index (χ2v) is 11.4. The number of aromatic nitrogens is 1. The maximum atomic E-state index is 12.9. The van der Waals surface area contributed by atoms with E-state index in [2.05, 4.69) is 15.0 Å². The van der Waals surface area contributed by atoms with Gasteiger partial charge < -0.3 is 5.32 Å². The molecular formula is C21H25N3O4S2. The van der Waals surface area contributed by atoms with Crippen LogP contribution in [0.5, 0.6) is 0 Å². The molecule has 2 saturated carbocycles. The van der Waals surface area contributed by atoms with Crippen molar-refractivity contribution >= 4 is 43.9 Å². The number of Topliss-reactive ketones (excluding diaryl/α,β-unsaturated/α-hetero) is 1. The largest absolute Gasteiger partial charge is 0.326 e. The van der Waals surface area contributed by atoms with E-state index in [1.54, 1.807) is 17.5 Å². The van der Waals surface area contributed by atoms with E-state index in [0.29, 0.717) is 24.2 Å². The molecule has 0 radical (unpaired) electrons. The zero-order chi connectivity index (χ0) is 21.7. The van der Waals surface area contributed by atoms with E-state index in [4.69, 9.17) is 0 Å². The van der Waals surface area contributed by atoms with Gasteiger partial charge in [0, 0.05) is 30.0 Å². The van der Waals surface area contributed by atoms with E-state index >= 15 is 0 Å². The van der Waals surface area contributed by atoms with Crippen LogP contribution in [0.4, 0.5) is 10.8 Å². The molecule has 2 unspecified atom stereocenters. The Morgan fingerprint density at radius 1 is 1.27 bits per heavy atom. The Morgan fingerprint density at radius 2 is 1.97 bits per heavy atom. The number of ketones is 1. The monoisotopic (exact) mass is 447 g/mol. The predicted molar refractivity (Wildman–Crippen MR) is 118 cm³/mol. The van der Waals surface area contributed by atoms with E-state index < -0.39 is 15.4 Å². The van der Waals surface area contributed by atoms with Gasteiger partial charge in [-0.1, -0.05) is 26.0 Å². The van der Waals surface area contributed by atoms with Crippen LogP contribution in [0.15, 0.2) is 29.6 Å². The van der Waals surface area contributed by atoms with Crippen molar-refractivity contribution in [2.45, 2.75) is 40.0 Å². The number of carbonyl (C=O) groups is 2. The molecule has 4 rings (SSSR count). The molecule has 160 valence electrons. The highest BCUT2D eigenvalue weighted by Gasteiger charge is 2.65. The molecule has 1 amide bonds. The predicted octanol–water partition coefficient (Wildman–Crippen LogP) is 3.91. The van der Waals surface area contributed by atoms with Gasteiger partial charge in [-0.15, -0.1) is 11.3 Å². The fourth-order valence-corrected chi connectivity index (χ4v) is 7.83. The molecule has 30 heavy (non-hydrogen) atoms. The lowest BCUT2D eigenvalue weighted by Crippen LogP contribution is -2.43. The molecule has 1 aromatic carbocycles. The van der Waals surface area contributed by atoms with Crippen LogP contribution in [0.3, 0.4) is 0 Å². The normalized spacial score (nSPS) is 24.8. The first-order chi connectivity index (χ1) is 14.0. The van der Waals surface area contributed by atoms with E-state index in [9.17, 15) is 18.0 Å². The van der Waals surface area contributed by atoms with Crippen molar-refractivity contribution in [3.63, 3.8) is 0 Å². The van der Waals surface area contributed by atoms with Crippen molar-refractivity contribution in [2.24, 2.45) is 16.7 Å². The van der Waals surface area contributed by atoms with Crippen molar-refractivity contribution in [1.29, 1.82) is 0 Å². The number of hydrogen-bond donors (Lipinski definition) is 2. The minimum atomic E-state index is -3.73. The third-order valence-corrected chi connectivity index (χ3v) is 9.09. The number of carbonyl (C=O) groups excluding carboxylic acids is 2. The number of thiazole rings is 1. The zero-order valence-corrected chi connectivity index (χ0v) is 18.8. The van der Waals surface area contributed by atoms with Crippen LogP contribution in [0.1, 0.15) is 40.0 Å². The summed E-state index contributed by atoms with van der Waals surface area (Å²) in [5.74, 6) is 0.00765. The quantitative estimate of drug-likeness (QED) is 0.699. The summed E-state index contributed by atoms with van der Waals surface area (Å²) in [5.41, 5.74) is 1.03. The Balaban J connectivity index is 1.49. The van der Waals surface area contributed by atoms with Crippen LogP contribution >= 0.6 is 11.3 Å². The van der Waals surface area contributed by atoms with Gasteiger partial charge in [0.25, 0.3) is 0 Å².